The first-order chi connectivity index (χ1) is 8.13. The van der Waals surface area contributed by atoms with Gasteiger partial charge in [0.15, 0.2) is 0 Å². The predicted octanol–water partition coefficient (Wildman–Crippen LogP) is 2.76. The molecule has 0 aromatic carbocycles. The Morgan fingerprint density at radius 3 is 2.24 bits per heavy atom. The summed E-state index contributed by atoms with van der Waals surface area (Å²) in [4.78, 5) is 0. The molecule has 2 aliphatic carbocycles. The van der Waals surface area contributed by atoms with Gasteiger partial charge in [-0.05, 0) is 31.6 Å². The van der Waals surface area contributed by atoms with Crippen molar-refractivity contribution in [3.63, 3.8) is 0 Å². The van der Waals surface area contributed by atoms with Crippen LogP contribution in [0.1, 0.15) is 44.9 Å². The van der Waals surface area contributed by atoms with Crippen molar-refractivity contribution >= 4 is 26.0 Å². The van der Waals surface area contributed by atoms with Gasteiger partial charge in [-0.1, -0.05) is 35.2 Å². The predicted molar refractivity (Wildman–Crippen MR) is 73.9 cm³/mol. The summed E-state index contributed by atoms with van der Waals surface area (Å²) in [6.45, 7) is 0.639. The molecule has 0 saturated heterocycles. The lowest BCUT2D eigenvalue weighted by Gasteiger charge is -2.33. The number of nitrogens with zero attached hydrogens (tertiary/aromatic N) is 1. The lowest BCUT2D eigenvalue weighted by Crippen LogP contribution is -2.43. The highest BCUT2D eigenvalue weighted by Crippen LogP contribution is 2.33. The van der Waals surface area contributed by atoms with Crippen LogP contribution in [-0.4, -0.2) is 36.4 Å². The summed E-state index contributed by atoms with van der Waals surface area (Å²) in [6, 6.07) is 0.269. The smallest absolute Gasteiger partial charge is 0.212 e. The van der Waals surface area contributed by atoms with Crippen molar-refractivity contribution in [2.45, 2.75) is 51.0 Å². The number of rotatable bonds is 6. The van der Waals surface area contributed by atoms with Crippen LogP contribution < -0.4 is 0 Å². The van der Waals surface area contributed by atoms with E-state index in [1.54, 1.807) is 4.31 Å². The Morgan fingerprint density at radius 1 is 1.06 bits per heavy atom. The Balaban J connectivity index is 2.03. The van der Waals surface area contributed by atoms with E-state index in [4.69, 9.17) is 0 Å². The van der Waals surface area contributed by atoms with Crippen LogP contribution in [0.2, 0.25) is 0 Å². The molecule has 2 aliphatic rings. The van der Waals surface area contributed by atoms with Crippen molar-refractivity contribution < 1.29 is 8.42 Å². The quantitative estimate of drug-likeness (QED) is 0.705. The molecule has 100 valence electrons. The molecule has 2 saturated carbocycles. The van der Waals surface area contributed by atoms with Crippen LogP contribution >= 0.6 is 15.9 Å². The molecule has 0 spiro atoms. The highest BCUT2D eigenvalue weighted by atomic mass is 79.9. The van der Waals surface area contributed by atoms with Gasteiger partial charge in [-0.25, -0.2) is 8.42 Å². The molecule has 0 unspecified atom stereocenters. The second-order valence-electron chi connectivity index (χ2n) is 5.31. The van der Waals surface area contributed by atoms with Gasteiger partial charge in [-0.3, -0.25) is 0 Å². The minimum absolute atomic E-state index is 0.269. The molecule has 0 radical (unpaired) electrons. The van der Waals surface area contributed by atoms with E-state index in [0.29, 0.717) is 18.2 Å². The molecule has 17 heavy (non-hydrogen) atoms. The van der Waals surface area contributed by atoms with Crippen LogP contribution in [0.3, 0.4) is 0 Å². The third kappa shape index (κ3) is 3.93. The SMILES string of the molecule is O=S(=O)(CC1CC1)N(CCBr)C1CCCCC1. The molecule has 0 heterocycles. The fourth-order valence-corrected chi connectivity index (χ4v) is 5.45. The second-order valence-corrected chi connectivity index (χ2v) is 8.07. The van der Waals surface area contributed by atoms with Crippen molar-refractivity contribution in [3.05, 3.63) is 0 Å². The lowest BCUT2D eigenvalue weighted by atomic mass is 9.95. The fraction of sp³-hybridized carbons (Fsp3) is 1.00. The van der Waals surface area contributed by atoms with Crippen LogP contribution in [0.25, 0.3) is 0 Å². The zero-order chi connectivity index (χ0) is 12.3. The molecule has 0 aromatic heterocycles. The number of alkyl halides is 1. The summed E-state index contributed by atoms with van der Waals surface area (Å²) in [5, 5.41) is 0.743. The number of hydrogen-bond acceptors (Lipinski definition) is 2. The molecule has 5 heteroatoms. The molecule has 3 nitrogen and oxygen atoms in total. The summed E-state index contributed by atoms with van der Waals surface area (Å²) in [5.41, 5.74) is 0. The normalized spacial score (nSPS) is 23.2. The van der Waals surface area contributed by atoms with Gasteiger partial charge in [-0.15, -0.1) is 0 Å². The summed E-state index contributed by atoms with van der Waals surface area (Å²) in [7, 11) is -3.02. The van der Waals surface area contributed by atoms with Crippen molar-refractivity contribution in [2.24, 2.45) is 5.92 Å². The Labute approximate surface area is 113 Å². The van der Waals surface area contributed by atoms with Crippen molar-refractivity contribution in [3.8, 4) is 0 Å². The third-order valence-electron chi connectivity index (χ3n) is 3.79. The molecule has 0 N–H and O–H groups in total. The van der Waals surface area contributed by atoms with E-state index in [-0.39, 0.29) is 6.04 Å². The number of hydrogen-bond donors (Lipinski definition) is 0. The Bertz CT molecular complexity index is 334. The summed E-state index contributed by atoms with van der Waals surface area (Å²) >= 11 is 3.38. The van der Waals surface area contributed by atoms with E-state index in [1.165, 1.54) is 19.3 Å². The maximum absolute atomic E-state index is 12.4. The van der Waals surface area contributed by atoms with Gasteiger partial charge in [0.05, 0.1) is 5.75 Å². The summed E-state index contributed by atoms with van der Waals surface area (Å²) in [5.74, 6) is 0.831. The average Bonchev–Trinajstić information content (AvgIpc) is 3.10. The molecule has 0 amide bonds. The van der Waals surface area contributed by atoms with Gasteiger partial charge in [0.1, 0.15) is 0 Å². The van der Waals surface area contributed by atoms with Crippen LogP contribution in [0.5, 0.6) is 0 Å². The van der Waals surface area contributed by atoms with E-state index in [0.717, 1.165) is 31.0 Å². The van der Waals surface area contributed by atoms with Crippen molar-refractivity contribution in [1.82, 2.24) is 4.31 Å². The van der Waals surface area contributed by atoms with Gasteiger partial charge >= 0.3 is 0 Å². The Kier molecular flexibility index (Phi) is 4.89. The maximum Gasteiger partial charge on any atom is 0.214 e. The van der Waals surface area contributed by atoms with Gasteiger partial charge in [0.25, 0.3) is 0 Å². The van der Waals surface area contributed by atoms with E-state index in [2.05, 4.69) is 15.9 Å². The van der Waals surface area contributed by atoms with Crippen LogP contribution in [0, 0.1) is 5.92 Å². The number of halogens is 1. The topological polar surface area (TPSA) is 37.4 Å². The molecule has 0 bridgehead atoms. The van der Waals surface area contributed by atoms with Crippen LogP contribution in [0.15, 0.2) is 0 Å². The highest BCUT2D eigenvalue weighted by molar-refractivity contribution is 9.09. The first-order valence-corrected chi connectivity index (χ1v) is 9.42. The zero-order valence-corrected chi connectivity index (χ0v) is 12.7. The van der Waals surface area contributed by atoms with Gasteiger partial charge < -0.3 is 0 Å². The fourth-order valence-electron chi connectivity index (χ4n) is 2.68. The van der Waals surface area contributed by atoms with E-state index < -0.39 is 10.0 Å². The highest BCUT2D eigenvalue weighted by Gasteiger charge is 2.35. The lowest BCUT2D eigenvalue weighted by molar-refractivity contribution is 0.262. The van der Waals surface area contributed by atoms with Crippen molar-refractivity contribution in [2.75, 3.05) is 17.6 Å². The monoisotopic (exact) mass is 323 g/mol. The molecule has 0 aliphatic heterocycles. The standard InChI is InChI=1S/C12H22BrNO2S/c13-8-9-14(12-4-2-1-3-5-12)17(15,16)10-11-6-7-11/h11-12H,1-10H2. The molecule has 0 aromatic rings. The van der Waals surface area contributed by atoms with E-state index >= 15 is 0 Å². The molecule has 0 atom stereocenters. The minimum Gasteiger partial charge on any atom is -0.212 e. The summed E-state index contributed by atoms with van der Waals surface area (Å²) in [6.07, 6.45) is 7.94. The van der Waals surface area contributed by atoms with Gasteiger partial charge in [-0.2, -0.15) is 4.31 Å². The summed E-state index contributed by atoms with van der Waals surface area (Å²) < 4.78 is 26.5. The Hall–Kier alpha value is 0.390. The Morgan fingerprint density at radius 2 is 1.71 bits per heavy atom. The maximum atomic E-state index is 12.4. The molecular weight excluding hydrogens is 302 g/mol. The third-order valence-corrected chi connectivity index (χ3v) is 6.23. The minimum atomic E-state index is -3.02. The van der Waals surface area contributed by atoms with Crippen LogP contribution in [-0.2, 0) is 10.0 Å². The largest absolute Gasteiger partial charge is 0.214 e. The molecule has 2 fully saturated rings. The van der Waals surface area contributed by atoms with Gasteiger partial charge in [0.2, 0.25) is 10.0 Å². The van der Waals surface area contributed by atoms with E-state index in [9.17, 15) is 8.42 Å². The average molecular weight is 324 g/mol. The zero-order valence-electron chi connectivity index (χ0n) is 10.3. The van der Waals surface area contributed by atoms with Gasteiger partial charge in [0, 0.05) is 17.9 Å². The van der Waals surface area contributed by atoms with Crippen molar-refractivity contribution in [1.29, 1.82) is 0 Å². The number of sulfonamides is 1. The van der Waals surface area contributed by atoms with Crippen LogP contribution in [0.4, 0.5) is 0 Å². The molecule has 2 rings (SSSR count). The first kappa shape index (κ1) is 13.8. The second kappa shape index (κ2) is 6.02. The van der Waals surface area contributed by atoms with E-state index in [1.807, 2.05) is 0 Å². The molecular formula is C12H22BrNO2S. The first-order valence-electron chi connectivity index (χ1n) is 6.69.